The van der Waals surface area contributed by atoms with E-state index in [4.69, 9.17) is 41.9 Å². The van der Waals surface area contributed by atoms with Crippen LogP contribution in [-0.4, -0.2) is 51.7 Å². The summed E-state index contributed by atoms with van der Waals surface area (Å²) in [6.07, 6.45) is 2.86. The number of nitrogens with two attached hydrogens (primary N) is 4. The van der Waals surface area contributed by atoms with Crippen molar-refractivity contribution in [2.75, 3.05) is 39.5 Å². The van der Waals surface area contributed by atoms with Crippen LogP contribution in [-0.2, 0) is 28.0 Å². The monoisotopic (exact) mass is 634 g/mol. The van der Waals surface area contributed by atoms with Crippen LogP contribution < -0.4 is 32.4 Å². The Morgan fingerprint density at radius 3 is 1.50 bits per heavy atom. The molecule has 8 heteroatoms. The van der Waals surface area contributed by atoms with Gasteiger partial charge < -0.3 is 41.9 Å². The van der Waals surface area contributed by atoms with Crippen molar-refractivity contribution in [3.63, 3.8) is 0 Å². The average Bonchev–Trinajstić information content (AvgIpc) is 4.00. The predicted molar refractivity (Wildman–Crippen MR) is 188 cm³/mol. The fourth-order valence-corrected chi connectivity index (χ4v) is 5.11. The SMILES string of the molecule is CC(C)(c1ccc(OCC2CO2)cc1)c1ccc(OCC2CO2)cc1.CC(CCN)CC(C)(C)CN.NCc1cccc(CN)c1. The topological polar surface area (TPSA) is 148 Å². The smallest absolute Gasteiger partial charge is 0.119 e. The zero-order valence-electron chi connectivity index (χ0n) is 28.7. The molecule has 3 atom stereocenters. The number of rotatable bonds is 15. The van der Waals surface area contributed by atoms with Crippen molar-refractivity contribution >= 4 is 0 Å². The second-order valence-electron chi connectivity index (χ2n) is 13.7. The zero-order valence-corrected chi connectivity index (χ0v) is 28.7. The van der Waals surface area contributed by atoms with Gasteiger partial charge in [0.15, 0.2) is 0 Å². The largest absolute Gasteiger partial charge is 0.491 e. The normalized spacial score (nSPS) is 17.5. The van der Waals surface area contributed by atoms with E-state index in [2.05, 4.69) is 58.9 Å². The summed E-state index contributed by atoms with van der Waals surface area (Å²) in [4.78, 5) is 0. The van der Waals surface area contributed by atoms with Crippen LogP contribution >= 0.6 is 0 Å². The maximum Gasteiger partial charge on any atom is 0.119 e. The number of ether oxygens (including phenoxy) is 4. The fraction of sp³-hybridized carbons (Fsp3) is 0.526. The molecule has 0 bridgehead atoms. The second-order valence-corrected chi connectivity index (χ2v) is 13.7. The Balaban J connectivity index is 0.000000228. The maximum absolute atomic E-state index is 5.72. The summed E-state index contributed by atoms with van der Waals surface area (Å²) < 4.78 is 21.8. The Bertz CT molecular complexity index is 1190. The molecule has 2 fully saturated rings. The molecule has 5 rings (SSSR count). The Kier molecular flexibility index (Phi) is 15.0. The minimum atomic E-state index is -0.0870. The number of epoxide rings is 2. The molecule has 254 valence electrons. The van der Waals surface area contributed by atoms with Gasteiger partial charge >= 0.3 is 0 Å². The Labute approximate surface area is 277 Å². The van der Waals surface area contributed by atoms with Gasteiger partial charge in [-0.25, -0.2) is 0 Å². The predicted octanol–water partition coefficient (Wildman–Crippen LogP) is 5.52. The van der Waals surface area contributed by atoms with E-state index >= 15 is 0 Å². The van der Waals surface area contributed by atoms with Gasteiger partial charge in [-0.2, -0.15) is 0 Å². The van der Waals surface area contributed by atoms with Gasteiger partial charge in [0.25, 0.3) is 0 Å². The standard InChI is InChI=1S/C21H24O4.C9H22N2.C8H12N2/c1-21(2,15-3-7-17(8-4-15)22-11-19-13-24-19)16-5-9-18(10-6-16)23-12-20-14-25-20;1-8(4-5-10)6-9(2,3)7-11;9-5-7-2-1-3-8(4-7)6-10/h3-10,19-20H,11-14H2,1-2H3;8H,4-7,10-11H2,1-3H3;1-4H,5-6,9-10H2. The second kappa shape index (κ2) is 18.4. The highest BCUT2D eigenvalue weighted by atomic mass is 16.6. The molecule has 0 aromatic heterocycles. The highest BCUT2D eigenvalue weighted by Gasteiger charge is 2.26. The molecular weight excluding hydrogens is 576 g/mol. The third-order valence-corrected chi connectivity index (χ3v) is 8.40. The van der Waals surface area contributed by atoms with Crippen LogP contribution in [0.15, 0.2) is 72.8 Å². The molecule has 2 heterocycles. The Hall–Kier alpha value is -2.98. The third-order valence-electron chi connectivity index (χ3n) is 8.40. The van der Waals surface area contributed by atoms with Gasteiger partial charge in [-0.3, -0.25) is 0 Å². The first kappa shape index (κ1) is 37.5. The molecular formula is C38H58N4O4. The van der Waals surface area contributed by atoms with Gasteiger partial charge in [-0.05, 0) is 83.8 Å². The summed E-state index contributed by atoms with van der Waals surface area (Å²) >= 11 is 0. The van der Waals surface area contributed by atoms with E-state index in [-0.39, 0.29) is 23.0 Å². The van der Waals surface area contributed by atoms with Gasteiger partial charge in [0.2, 0.25) is 0 Å². The van der Waals surface area contributed by atoms with E-state index in [0.717, 1.165) is 55.4 Å². The zero-order chi connectivity index (χ0) is 33.6. The molecule has 0 saturated carbocycles. The van der Waals surface area contributed by atoms with Crippen molar-refractivity contribution in [1.82, 2.24) is 0 Å². The lowest BCUT2D eigenvalue weighted by Gasteiger charge is -2.26. The quantitative estimate of drug-likeness (QED) is 0.160. The fourth-order valence-electron chi connectivity index (χ4n) is 5.11. The molecule has 46 heavy (non-hydrogen) atoms. The molecule has 8 N–H and O–H groups in total. The van der Waals surface area contributed by atoms with E-state index in [1.807, 2.05) is 48.5 Å². The summed E-state index contributed by atoms with van der Waals surface area (Å²) in [6, 6.07) is 24.7. The van der Waals surface area contributed by atoms with Gasteiger partial charge in [-0.1, -0.05) is 83.1 Å². The van der Waals surface area contributed by atoms with E-state index in [0.29, 0.717) is 32.2 Å². The van der Waals surface area contributed by atoms with Gasteiger partial charge in [0.1, 0.15) is 36.9 Å². The lowest BCUT2D eigenvalue weighted by atomic mass is 9.78. The Morgan fingerprint density at radius 2 is 1.15 bits per heavy atom. The molecule has 8 nitrogen and oxygen atoms in total. The first-order valence-electron chi connectivity index (χ1n) is 16.6. The molecule has 3 aromatic rings. The first-order chi connectivity index (χ1) is 22.0. The van der Waals surface area contributed by atoms with E-state index in [1.165, 1.54) is 17.5 Å². The highest BCUT2D eigenvalue weighted by molar-refractivity contribution is 5.41. The average molecular weight is 635 g/mol. The van der Waals surface area contributed by atoms with Crippen molar-refractivity contribution in [2.24, 2.45) is 34.3 Å². The molecule has 0 amide bonds. The van der Waals surface area contributed by atoms with E-state index in [9.17, 15) is 0 Å². The summed E-state index contributed by atoms with van der Waals surface area (Å²) in [6.45, 7) is 16.8. The minimum Gasteiger partial charge on any atom is -0.491 e. The number of benzene rings is 3. The van der Waals surface area contributed by atoms with Crippen LogP contribution in [0, 0.1) is 11.3 Å². The summed E-state index contributed by atoms with van der Waals surface area (Å²) in [5, 5.41) is 0. The van der Waals surface area contributed by atoms with Crippen LogP contribution in [0.3, 0.4) is 0 Å². The number of hydrogen-bond donors (Lipinski definition) is 4. The van der Waals surface area contributed by atoms with Crippen molar-refractivity contribution in [2.45, 2.75) is 78.2 Å². The van der Waals surface area contributed by atoms with E-state index < -0.39 is 0 Å². The van der Waals surface area contributed by atoms with Gasteiger partial charge in [0.05, 0.1) is 13.2 Å². The van der Waals surface area contributed by atoms with Gasteiger partial charge in [-0.15, -0.1) is 0 Å². The third kappa shape index (κ3) is 13.4. The molecule has 0 aliphatic carbocycles. The molecule has 2 saturated heterocycles. The first-order valence-corrected chi connectivity index (χ1v) is 16.6. The highest BCUT2D eigenvalue weighted by Crippen LogP contribution is 2.33. The van der Waals surface area contributed by atoms with Gasteiger partial charge in [0, 0.05) is 18.5 Å². The number of hydrogen-bond acceptors (Lipinski definition) is 8. The van der Waals surface area contributed by atoms with Crippen LogP contribution in [0.5, 0.6) is 11.5 Å². The molecule has 0 spiro atoms. The van der Waals surface area contributed by atoms with Crippen molar-refractivity contribution in [1.29, 1.82) is 0 Å². The molecule has 3 aromatic carbocycles. The van der Waals surface area contributed by atoms with Crippen LogP contribution in [0.1, 0.15) is 69.7 Å². The van der Waals surface area contributed by atoms with Crippen molar-refractivity contribution in [3.05, 3.63) is 95.1 Å². The van der Waals surface area contributed by atoms with Crippen molar-refractivity contribution in [3.8, 4) is 11.5 Å². The summed E-state index contributed by atoms with van der Waals surface area (Å²) in [5.74, 6) is 2.49. The molecule has 2 aliphatic rings. The maximum atomic E-state index is 5.72. The summed E-state index contributed by atoms with van der Waals surface area (Å²) in [5.41, 5.74) is 26.9. The lowest BCUT2D eigenvalue weighted by molar-refractivity contribution is 0.263. The molecule has 0 radical (unpaired) electrons. The Morgan fingerprint density at radius 1 is 0.717 bits per heavy atom. The minimum absolute atomic E-state index is 0.0870. The van der Waals surface area contributed by atoms with Crippen LogP contribution in [0.2, 0.25) is 0 Å². The van der Waals surface area contributed by atoms with Crippen LogP contribution in [0.25, 0.3) is 0 Å². The molecule has 2 aliphatic heterocycles. The van der Waals surface area contributed by atoms with Crippen molar-refractivity contribution < 1.29 is 18.9 Å². The molecule has 3 unspecified atom stereocenters. The van der Waals surface area contributed by atoms with E-state index in [1.54, 1.807) is 0 Å². The summed E-state index contributed by atoms with van der Waals surface area (Å²) in [7, 11) is 0. The lowest BCUT2D eigenvalue weighted by Crippen LogP contribution is -2.26. The van der Waals surface area contributed by atoms with Crippen LogP contribution in [0.4, 0.5) is 0 Å².